The van der Waals surface area contributed by atoms with Gasteiger partial charge in [-0.1, -0.05) is 18.2 Å². The summed E-state index contributed by atoms with van der Waals surface area (Å²) in [4.78, 5) is 16.4. The molecule has 3 N–H and O–H groups in total. The van der Waals surface area contributed by atoms with Crippen molar-refractivity contribution in [1.29, 1.82) is 0 Å². The van der Waals surface area contributed by atoms with Crippen molar-refractivity contribution in [3.8, 4) is 0 Å². The molecule has 106 valence electrons. The fourth-order valence-corrected chi connectivity index (χ4v) is 3.11. The first-order chi connectivity index (χ1) is 9.58. The van der Waals surface area contributed by atoms with Crippen LogP contribution in [0, 0.1) is 5.92 Å². The second-order valence-corrected chi connectivity index (χ2v) is 5.49. The number of hydrogen-bond acceptors (Lipinski definition) is 3. The Morgan fingerprint density at radius 1 is 1.40 bits per heavy atom. The number of aromatic amines is 1. The zero-order valence-corrected chi connectivity index (χ0v) is 11.3. The quantitative estimate of drug-likeness (QED) is 0.777. The molecule has 5 heteroatoms. The van der Waals surface area contributed by atoms with Crippen LogP contribution in [0.1, 0.15) is 18.0 Å². The molecule has 0 spiro atoms. The van der Waals surface area contributed by atoms with Crippen LogP contribution >= 0.6 is 0 Å². The van der Waals surface area contributed by atoms with Crippen molar-refractivity contribution in [2.45, 2.75) is 18.6 Å². The van der Waals surface area contributed by atoms with Gasteiger partial charge >= 0.3 is 5.97 Å². The highest BCUT2D eigenvalue weighted by molar-refractivity contribution is 5.83. The van der Waals surface area contributed by atoms with Gasteiger partial charge in [0.05, 0.1) is 12.0 Å². The standard InChI is InChI=1S/C15H18N2O3/c1-17-8-11(15(19)20)14(18)6-13(17)10-7-16-12-5-3-2-4-9(10)12/h2-5,7,11,13-14,16,18H,6,8H2,1H3,(H,19,20). The molecule has 0 bridgehead atoms. The van der Waals surface area contributed by atoms with E-state index >= 15 is 0 Å². The van der Waals surface area contributed by atoms with E-state index in [2.05, 4.69) is 4.98 Å². The Labute approximate surface area is 116 Å². The van der Waals surface area contributed by atoms with Gasteiger partial charge in [-0.3, -0.25) is 9.69 Å². The third-order valence-corrected chi connectivity index (χ3v) is 4.24. The zero-order valence-electron chi connectivity index (χ0n) is 11.3. The number of aliphatic hydroxyl groups excluding tert-OH is 1. The van der Waals surface area contributed by atoms with Crippen LogP contribution in [0.25, 0.3) is 10.9 Å². The van der Waals surface area contributed by atoms with E-state index in [9.17, 15) is 9.90 Å². The summed E-state index contributed by atoms with van der Waals surface area (Å²) >= 11 is 0. The molecule has 2 heterocycles. The molecular formula is C15H18N2O3. The highest BCUT2D eigenvalue weighted by Crippen LogP contribution is 2.36. The summed E-state index contributed by atoms with van der Waals surface area (Å²) in [6, 6.07) is 8.06. The number of nitrogens with one attached hydrogen (secondary N) is 1. The average Bonchev–Trinajstić information content (AvgIpc) is 2.84. The number of aliphatic carboxylic acids is 1. The van der Waals surface area contributed by atoms with Crippen molar-refractivity contribution in [1.82, 2.24) is 9.88 Å². The maximum absolute atomic E-state index is 11.1. The third-order valence-electron chi connectivity index (χ3n) is 4.24. The predicted octanol–water partition coefficient (Wildman–Crippen LogP) is 1.61. The first-order valence-electron chi connectivity index (χ1n) is 6.75. The van der Waals surface area contributed by atoms with Crippen LogP contribution < -0.4 is 0 Å². The highest BCUT2D eigenvalue weighted by atomic mass is 16.4. The average molecular weight is 274 g/mol. The first-order valence-corrected chi connectivity index (χ1v) is 6.75. The van der Waals surface area contributed by atoms with Crippen LogP contribution in [-0.4, -0.2) is 45.8 Å². The van der Waals surface area contributed by atoms with Gasteiger partial charge in [0.25, 0.3) is 0 Å². The summed E-state index contributed by atoms with van der Waals surface area (Å²) in [5, 5.41) is 20.3. The Kier molecular flexibility index (Phi) is 3.23. The van der Waals surface area contributed by atoms with Crippen molar-refractivity contribution in [3.63, 3.8) is 0 Å². The fourth-order valence-electron chi connectivity index (χ4n) is 3.11. The zero-order chi connectivity index (χ0) is 14.3. The Morgan fingerprint density at radius 2 is 2.15 bits per heavy atom. The van der Waals surface area contributed by atoms with Gasteiger partial charge < -0.3 is 15.2 Å². The summed E-state index contributed by atoms with van der Waals surface area (Å²) in [7, 11) is 1.91. The largest absolute Gasteiger partial charge is 0.481 e. The smallest absolute Gasteiger partial charge is 0.310 e. The number of benzene rings is 1. The van der Waals surface area contributed by atoms with Crippen LogP contribution in [0.2, 0.25) is 0 Å². The molecule has 20 heavy (non-hydrogen) atoms. The molecule has 3 rings (SSSR count). The van der Waals surface area contributed by atoms with Gasteiger partial charge in [0.1, 0.15) is 0 Å². The Bertz CT molecular complexity index is 637. The van der Waals surface area contributed by atoms with E-state index in [1.54, 1.807) is 0 Å². The summed E-state index contributed by atoms with van der Waals surface area (Å²) in [5.74, 6) is -1.64. The molecule has 1 aromatic heterocycles. The molecule has 1 aliphatic rings. The molecule has 0 amide bonds. The van der Waals surface area contributed by atoms with Gasteiger partial charge in [-0.15, -0.1) is 0 Å². The second kappa shape index (κ2) is 4.92. The van der Waals surface area contributed by atoms with Crippen molar-refractivity contribution in [2.24, 2.45) is 5.92 Å². The van der Waals surface area contributed by atoms with E-state index in [1.165, 1.54) is 0 Å². The van der Waals surface area contributed by atoms with E-state index < -0.39 is 18.0 Å². The number of carboxylic acid groups (broad SMARTS) is 1. The number of para-hydroxylation sites is 1. The number of aromatic nitrogens is 1. The monoisotopic (exact) mass is 274 g/mol. The molecule has 1 fully saturated rings. The highest BCUT2D eigenvalue weighted by Gasteiger charge is 2.38. The second-order valence-electron chi connectivity index (χ2n) is 5.49. The van der Waals surface area contributed by atoms with Crippen LogP contribution in [0.3, 0.4) is 0 Å². The third kappa shape index (κ3) is 2.09. The van der Waals surface area contributed by atoms with Crippen LogP contribution in [0.4, 0.5) is 0 Å². The molecule has 0 aliphatic carbocycles. The van der Waals surface area contributed by atoms with E-state index in [0.29, 0.717) is 13.0 Å². The molecule has 5 nitrogen and oxygen atoms in total. The summed E-state index contributed by atoms with van der Waals surface area (Å²) in [6.45, 7) is 0.362. The minimum atomic E-state index is -0.929. The van der Waals surface area contributed by atoms with Gasteiger partial charge in [-0.2, -0.15) is 0 Å². The number of carbonyl (C=O) groups is 1. The number of carboxylic acids is 1. The number of aliphatic hydroxyl groups is 1. The SMILES string of the molecule is CN1CC(C(=O)O)C(O)CC1c1c[nH]c2ccccc12. The van der Waals surface area contributed by atoms with E-state index in [1.807, 2.05) is 42.4 Å². The van der Waals surface area contributed by atoms with Crippen molar-refractivity contribution in [3.05, 3.63) is 36.0 Å². The van der Waals surface area contributed by atoms with E-state index in [4.69, 9.17) is 5.11 Å². The molecule has 1 aliphatic heterocycles. The fraction of sp³-hybridized carbons (Fsp3) is 0.400. The number of piperidine rings is 1. The number of H-pyrrole nitrogens is 1. The molecule has 2 aromatic rings. The maximum Gasteiger partial charge on any atom is 0.310 e. The van der Waals surface area contributed by atoms with Crippen LogP contribution in [0.5, 0.6) is 0 Å². The first kappa shape index (κ1) is 13.1. The normalized spacial score (nSPS) is 27.8. The predicted molar refractivity (Wildman–Crippen MR) is 75.4 cm³/mol. The summed E-state index contributed by atoms with van der Waals surface area (Å²) < 4.78 is 0. The molecule has 0 saturated carbocycles. The number of nitrogens with zero attached hydrogens (tertiary/aromatic N) is 1. The lowest BCUT2D eigenvalue weighted by molar-refractivity contribution is -0.150. The van der Waals surface area contributed by atoms with Gasteiger partial charge in [-0.25, -0.2) is 0 Å². The molecule has 3 unspecified atom stereocenters. The van der Waals surface area contributed by atoms with Gasteiger partial charge in [0.15, 0.2) is 0 Å². The lowest BCUT2D eigenvalue weighted by atomic mass is 9.87. The molecule has 1 aromatic carbocycles. The summed E-state index contributed by atoms with van der Waals surface area (Å²) in [6.07, 6.45) is 1.59. The Hall–Kier alpha value is -1.85. The minimum absolute atomic E-state index is 0.0387. The number of hydrogen-bond donors (Lipinski definition) is 3. The van der Waals surface area contributed by atoms with Crippen LogP contribution in [-0.2, 0) is 4.79 Å². The topological polar surface area (TPSA) is 76.6 Å². The number of rotatable bonds is 2. The minimum Gasteiger partial charge on any atom is -0.481 e. The number of fused-ring (bicyclic) bond motifs is 1. The van der Waals surface area contributed by atoms with Gasteiger partial charge in [0, 0.05) is 29.7 Å². The van der Waals surface area contributed by atoms with Gasteiger partial charge in [-0.05, 0) is 25.1 Å². The maximum atomic E-state index is 11.1. The lowest BCUT2D eigenvalue weighted by Gasteiger charge is -2.38. The summed E-state index contributed by atoms with van der Waals surface area (Å²) in [5.41, 5.74) is 2.18. The Balaban J connectivity index is 1.93. The van der Waals surface area contributed by atoms with E-state index in [0.717, 1.165) is 16.5 Å². The molecule has 1 saturated heterocycles. The van der Waals surface area contributed by atoms with E-state index in [-0.39, 0.29) is 6.04 Å². The number of likely N-dealkylation sites (tertiary alicyclic amines) is 1. The molecule has 0 radical (unpaired) electrons. The molecule has 3 atom stereocenters. The van der Waals surface area contributed by atoms with Crippen molar-refractivity contribution in [2.75, 3.05) is 13.6 Å². The lowest BCUT2D eigenvalue weighted by Crippen LogP contribution is -2.46. The van der Waals surface area contributed by atoms with Crippen LogP contribution in [0.15, 0.2) is 30.5 Å². The van der Waals surface area contributed by atoms with Crippen molar-refractivity contribution >= 4 is 16.9 Å². The van der Waals surface area contributed by atoms with Gasteiger partial charge in [0.2, 0.25) is 0 Å². The Morgan fingerprint density at radius 3 is 2.90 bits per heavy atom. The molecular weight excluding hydrogens is 256 g/mol. The van der Waals surface area contributed by atoms with Crippen molar-refractivity contribution < 1.29 is 15.0 Å².